The molecule has 124 valence electrons. The number of nitrogens with one attached hydrogen (secondary N) is 1. The van der Waals surface area contributed by atoms with Gasteiger partial charge in [0, 0.05) is 30.8 Å². The number of hydrogen-bond acceptors (Lipinski definition) is 4. The first kappa shape index (κ1) is 15.9. The minimum atomic E-state index is -0.0499. The van der Waals surface area contributed by atoms with Crippen LogP contribution < -0.4 is 5.32 Å². The molecule has 0 aliphatic heterocycles. The summed E-state index contributed by atoms with van der Waals surface area (Å²) in [4.78, 5) is 16.2. The first-order valence-electron chi connectivity index (χ1n) is 7.86. The normalized spacial score (nSPS) is 10.8. The van der Waals surface area contributed by atoms with Gasteiger partial charge < -0.3 is 5.32 Å². The van der Waals surface area contributed by atoms with Gasteiger partial charge in [0.1, 0.15) is 6.54 Å². The molecule has 0 bridgehead atoms. The third-order valence-electron chi connectivity index (χ3n) is 3.87. The van der Waals surface area contributed by atoms with Crippen LogP contribution in [-0.4, -0.2) is 37.0 Å². The Bertz CT molecular complexity index is 807. The van der Waals surface area contributed by atoms with E-state index in [4.69, 9.17) is 0 Å². The lowest BCUT2D eigenvalue weighted by Gasteiger charge is -2.07. The number of amides is 1. The smallest absolute Gasteiger partial charge is 0.241 e. The van der Waals surface area contributed by atoms with Crippen LogP contribution in [0.15, 0.2) is 42.9 Å². The van der Waals surface area contributed by atoms with Crippen molar-refractivity contribution >= 4 is 5.91 Å². The number of aromatic nitrogens is 5. The van der Waals surface area contributed by atoms with Crippen molar-refractivity contribution in [1.29, 1.82) is 0 Å². The van der Waals surface area contributed by atoms with Crippen molar-refractivity contribution in [3.05, 3.63) is 59.8 Å². The van der Waals surface area contributed by atoms with Crippen molar-refractivity contribution in [2.75, 3.05) is 6.54 Å². The van der Waals surface area contributed by atoms with E-state index in [9.17, 15) is 4.79 Å². The van der Waals surface area contributed by atoms with Crippen LogP contribution in [0.1, 0.15) is 17.0 Å². The Hall–Kier alpha value is -2.96. The summed E-state index contributed by atoms with van der Waals surface area (Å²) in [6.45, 7) is 4.80. The second-order valence-electron chi connectivity index (χ2n) is 5.55. The molecule has 0 fully saturated rings. The van der Waals surface area contributed by atoms with Crippen LogP contribution in [0.2, 0.25) is 0 Å². The number of rotatable bonds is 6. The van der Waals surface area contributed by atoms with Crippen LogP contribution in [0.5, 0.6) is 0 Å². The van der Waals surface area contributed by atoms with E-state index in [1.807, 2.05) is 36.7 Å². The van der Waals surface area contributed by atoms with Gasteiger partial charge in [0.05, 0.1) is 5.69 Å². The molecule has 0 atom stereocenters. The molecule has 0 unspecified atom stereocenters. The molecule has 0 aliphatic rings. The predicted molar refractivity (Wildman–Crippen MR) is 89.8 cm³/mol. The number of carbonyl (C=O) groups is 1. The molecule has 0 radical (unpaired) electrons. The van der Waals surface area contributed by atoms with Gasteiger partial charge in [0.2, 0.25) is 5.91 Å². The zero-order valence-corrected chi connectivity index (χ0v) is 13.8. The van der Waals surface area contributed by atoms with Crippen LogP contribution in [0.4, 0.5) is 0 Å². The SMILES string of the molecule is Cc1nn(-c2ccccn2)c(C)c1CCNC(=O)Cn1cccn1. The molecule has 7 heteroatoms. The Morgan fingerprint density at radius 2 is 2.08 bits per heavy atom. The van der Waals surface area contributed by atoms with E-state index in [0.717, 1.165) is 29.2 Å². The van der Waals surface area contributed by atoms with Crippen molar-refractivity contribution in [2.24, 2.45) is 0 Å². The van der Waals surface area contributed by atoms with E-state index in [-0.39, 0.29) is 12.5 Å². The van der Waals surface area contributed by atoms with Crippen LogP contribution in [0.25, 0.3) is 5.82 Å². The Morgan fingerprint density at radius 3 is 2.79 bits per heavy atom. The van der Waals surface area contributed by atoms with E-state index in [0.29, 0.717) is 6.54 Å². The maximum absolute atomic E-state index is 11.9. The Labute approximate surface area is 140 Å². The van der Waals surface area contributed by atoms with Gasteiger partial charge in [0.15, 0.2) is 5.82 Å². The van der Waals surface area contributed by atoms with Crippen molar-refractivity contribution in [1.82, 2.24) is 29.9 Å². The molecule has 3 rings (SSSR count). The molecule has 0 saturated carbocycles. The molecule has 0 aromatic carbocycles. The van der Waals surface area contributed by atoms with Crippen LogP contribution in [0.3, 0.4) is 0 Å². The third-order valence-corrected chi connectivity index (χ3v) is 3.87. The van der Waals surface area contributed by atoms with E-state index in [2.05, 4.69) is 20.5 Å². The third kappa shape index (κ3) is 3.51. The number of hydrogen-bond donors (Lipinski definition) is 1. The van der Waals surface area contributed by atoms with Gasteiger partial charge in [-0.2, -0.15) is 10.2 Å². The van der Waals surface area contributed by atoms with Crippen molar-refractivity contribution in [2.45, 2.75) is 26.8 Å². The van der Waals surface area contributed by atoms with Gasteiger partial charge >= 0.3 is 0 Å². The lowest BCUT2D eigenvalue weighted by atomic mass is 10.1. The second-order valence-corrected chi connectivity index (χ2v) is 5.55. The fourth-order valence-electron chi connectivity index (χ4n) is 2.66. The molecule has 3 heterocycles. The Morgan fingerprint density at radius 1 is 1.21 bits per heavy atom. The van der Waals surface area contributed by atoms with Crippen molar-refractivity contribution in [3.63, 3.8) is 0 Å². The van der Waals surface area contributed by atoms with E-state index >= 15 is 0 Å². The maximum Gasteiger partial charge on any atom is 0.241 e. The highest BCUT2D eigenvalue weighted by atomic mass is 16.2. The molecule has 0 saturated heterocycles. The summed E-state index contributed by atoms with van der Waals surface area (Å²) in [6.07, 6.45) is 5.91. The highest BCUT2D eigenvalue weighted by Crippen LogP contribution is 2.16. The van der Waals surface area contributed by atoms with Crippen LogP contribution in [-0.2, 0) is 17.8 Å². The molecular weight excluding hydrogens is 304 g/mol. The number of pyridine rings is 1. The molecule has 24 heavy (non-hydrogen) atoms. The fraction of sp³-hybridized carbons (Fsp3) is 0.294. The van der Waals surface area contributed by atoms with Gasteiger partial charge in [-0.1, -0.05) is 6.07 Å². The minimum absolute atomic E-state index is 0.0499. The summed E-state index contributed by atoms with van der Waals surface area (Å²) in [5, 5.41) is 11.5. The summed E-state index contributed by atoms with van der Waals surface area (Å²) >= 11 is 0. The van der Waals surface area contributed by atoms with E-state index in [1.165, 1.54) is 0 Å². The average Bonchev–Trinajstić information content (AvgIpc) is 3.18. The molecular formula is C17H20N6O. The summed E-state index contributed by atoms with van der Waals surface area (Å²) in [5.74, 6) is 0.748. The largest absolute Gasteiger partial charge is 0.354 e. The van der Waals surface area contributed by atoms with Gasteiger partial charge in [-0.25, -0.2) is 9.67 Å². The standard InChI is InChI=1S/C17H20N6O/c1-13-15(7-10-19-17(24)12-22-11-5-9-20-22)14(2)23(21-13)16-6-3-4-8-18-16/h3-6,8-9,11H,7,10,12H2,1-2H3,(H,19,24). The lowest BCUT2D eigenvalue weighted by molar-refractivity contribution is -0.121. The van der Waals surface area contributed by atoms with Gasteiger partial charge in [-0.05, 0) is 44.0 Å². The quantitative estimate of drug-likeness (QED) is 0.744. The molecule has 3 aromatic heterocycles. The highest BCUT2D eigenvalue weighted by Gasteiger charge is 2.13. The van der Waals surface area contributed by atoms with E-state index < -0.39 is 0 Å². The zero-order valence-electron chi connectivity index (χ0n) is 13.8. The predicted octanol–water partition coefficient (Wildman–Crippen LogP) is 1.44. The van der Waals surface area contributed by atoms with Crippen molar-refractivity contribution < 1.29 is 4.79 Å². The molecule has 0 spiro atoms. The maximum atomic E-state index is 11.9. The monoisotopic (exact) mass is 324 g/mol. The Kier molecular flexibility index (Phi) is 4.69. The summed E-state index contributed by atoms with van der Waals surface area (Å²) in [7, 11) is 0. The van der Waals surface area contributed by atoms with Crippen LogP contribution in [0, 0.1) is 13.8 Å². The minimum Gasteiger partial charge on any atom is -0.354 e. The molecule has 7 nitrogen and oxygen atoms in total. The number of carbonyl (C=O) groups excluding carboxylic acids is 1. The fourth-order valence-corrected chi connectivity index (χ4v) is 2.66. The lowest BCUT2D eigenvalue weighted by Crippen LogP contribution is -2.29. The molecule has 0 aliphatic carbocycles. The molecule has 3 aromatic rings. The summed E-state index contributed by atoms with van der Waals surface area (Å²) in [5.41, 5.74) is 3.15. The summed E-state index contributed by atoms with van der Waals surface area (Å²) in [6, 6.07) is 7.54. The van der Waals surface area contributed by atoms with Gasteiger partial charge in [0.25, 0.3) is 0 Å². The first-order valence-corrected chi connectivity index (χ1v) is 7.86. The van der Waals surface area contributed by atoms with E-state index in [1.54, 1.807) is 29.3 Å². The zero-order chi connectivity index (χ0) is 16.9. The summed E-state index contributed by atoms with van der Waals surface area (Å²) < 4.78 is 3.45. The average molecular weight is 324 g/mol. The number of nitrogens with zero attached hydrogens (tertiary/aromatic N) is 5. The van der Waals surface area contributed by atoms with Crippen molar-refractivity contribution in [3.8, 4) is 5.82 Å². The highest BCUT2D eigenvalue weighted by molar-refractivity contribution is 5.75. The molecule has 1 N–H and O–H groups in total. The van der Waals surface area contributed by atoms with Gasteiger partial charge in [-0.3, -0.25) is 9.48 Å². The van der Waals surface area contributed by atoms with Crippen LogP contribution >= 0.6 is 0 Å². The first-order chi connectivity index (χ1) is 11.6. The molecule has 1 amide bonds. The topological polar surface area (TPSA) is 77.6 Å². The number of aryl methyl sites for hydroxylation is 1. The Balaban J connectivity index is 1.61. The second kappa shape index (κ2) is 7.08. The van der Waals surface area contributed by atoms with Gasteiger partial charge in [-0.15, -0.1) is 0 Å².